The average Bonchev–Trinajstić information content (AvgIpc) is 3.03. The summed E-state index contributed by atoms with van der Waals surface area (Å²) in [6.07, 6.45) is 6.35. The van der Waals surface area contributed by atoms with Gasteiger partial charge >= 0.3 is 0 Å². The lowest BCUT2D eigenvalue weighted by Gasteiger charge is -2.07. The number of furan rings is 1. The molecule has 0 amide bonds. The molecule has 0 saturated carbocycles. The van der Waals surface area contributed by atoms with Gasteiger partial charge in [-0.05, 0) is 24.3 Å². The molecule has 0 atom stereocenters. The number of rotatable bonds is 4. The van der Waals surface area contributed by atoms with Crippen LogP contribution in [-0.2, 0) is 16.4 Å². The van der Waals surface area contributed by atoms with Gasteiger partial charge in [-0.25, -0.2) is 13.4 Å². The number of nitrogens with zero attached hydrogens (tertiary/aromatic N) is 2. The summed E-state index contributed by atoms with van der Waals surface area (Å²) in [5.74, 6) is 0.862. The Balaban J connectivity index is 1.95. The van der Waals surface area contributed by atoms with Crippen molar-refractivity contribution in [3.8, 4) is 11.4 Å². The van der Waals surface area contributed by atoms with Crippen molar-refractivity contribution < 1.29 is 12.8 Å². The number of aryl methyl sites for hydroxylation is 1. The molecule has 6 heteroatoms. The number of fused-ring (bicyclic) bond motifs is 1. The second-order valence-corrected chi connectivity index (χ2v) is 7.01. The highest BCUT2D eigenvalue weighted by Gasteiger charge is 2.10. The molecule has 0 fully saturated rings. The van der Waals surface area contributed by atoms with E-state index in [2.05, 4.69) is 4.98 Å². The van der Waals surface area contributed by atoms with Crippen molar-refractivity contribution >= 4 is 20.8 Å². The summed E-state index contributed by atoms with van der Waals surface area (Å²) in [7, 11) is -2.99. The SMILES string of the molecule is CS(=O)(=O)CCn1ccnc1-c1ccc2occc2c1. The zero-order valence-electron chi connectivity index (χ0n) is 11.0. The van der Waals surface area contributed by atoms with Crippen LogP contribution in [-0.4, -0.2) is 30.0 Å². The Hall–Kier alpha value is -2.08. The Morgan fingerprint density at radius 2 is 2.15 bits per heavy atom. The van der Waals surface area contributed by atoms with Crippen molar-refractivity contribution in [1.29, 1.82) is 0 Å². The predicted molar refractivity (Wildman–Crippen MR) is 77.1 cm³/mol. The minimum Gasteiger partial charge on any atom is -0.464 e. The van der Waals surface area contributed by atoms with E-state index in [1.165, 1.54) is 6.26 Å². The number of benzene rings is 1. The first-order valence-electron chi connectivity index (χ1n) is 6.19. The summed E-state index contributed by atoms with van der Waals surface area (Å²) < 4.78 is 29.7. The number of imidazole rings is 1. The van der Waals surface area contributed by atoms with Crippen LogP contribution in [0.3, 0.4) is 0 Å². The maximum Gasteiger partial charge on any atom is 0.149 e. The van der Waals surface area contributed by atoms with Crippen LogP contribution in [0.1, 0.15) is 0 Å². The minimum absolute atomic E-state index is 0.102. The number of sulfone groups is 1. The highest BCUT2D eigenvalue weighted by atomic mass is 32.2. The second kappa shape index (κ2) is 4.79. The molecule has 2 aromatic heterocycles. The van der Waals surface area contributed by atoms with Crippen LogP contribution in [0.15, 0.2) is 47.3 Å². The van der Waals surface area contributed by atoms with E-state index in [1.54, 1.807) is 18.7 Å². The van der Waals surface area contributed by atoms with Gasteiger partial charge in [0.05, 0.1) is 12.0 Å². The van der Waals surface area contributed by atoms with Gasteiger partial charge in [0.1, 0.15) is 21.2 Å². The van der Waals surface area contributed by atoms with Gasteiger partial charge in [0.2, 0.25) is 0 Å². The maximum atomic E-state index is 11.3. The molecule has 1 aromatic carbocycles. The Labute approximate surface area is 116 Å². The molecule has 5 nitrogen and oxygen atoms in total. The molecular weight excluding hydrogens is 276 g/mol. The van der Waals surface area contributed by atoms with Gasteiger partial charge in [0, 0.05) is 36.1 Å². The van der Waals surface area contributed by atoms with E-state index in [-0.39, 0.29) is 5.75 Å². The lowest BCUT2D eigenvalue weighted by atomic mass is 10.1. The van der Waals surface area contributed by atoms with Gasteiger partial charge in [-0.3, -0.25) is 0 Å². The van der Waals surface area contributed by atoms with Gasteiger partial charge in [-0.15, -0.1) is 0 Å². The van der Waals surface area contributed by atoms with Crippen molar-refractivity contribution in [2.45, 2.75) is 6.54 Å². The van der Waals surface area contributed by atoms with Crippen LogP contribution in [0, 0.1) is 0 Å². The van der Waals surface area contributed by atoms with Crippen LogP contribution in [0.5, 0.6) is 0 Å². The lowest BCUT2D eigenvalue weighted by molar-refractivity contribution is 0.595. The highest BCUT2D eigenvalue weighted by molar-refractivity contribution is 7.90. The monoisotopic (exact) mass is 290 g/mol. The summed E-state index contributed by atoms with van der Waals surface area (Å²) in [6.45, 7) is 0.400. The van der Waals surface area contributed by atoms with Crippen molar-refractivity contribution in [2.24, 2.45) is 0 Å². The Morgan fingerprint density at radius 1 is 1.30 bits per heavy atom. The van der Waals surface area contributed by atoms with E-state index in [0.717, 1.165) is 22.4 Å². The quantitative estimate of drug-likeness (QED) is 0.739. The standard InChI is InChI=1S/C14H14N2O3S/c1-20(17,18)9-7-16-6-5-15-14(16)12-2-3-13-11(10-12)4-8-19-13/h2-6,8,10H,7,9H2,1H3. The Morgan fingerprint density at radius 3 is 2.95 bits per heavy atom. The molecule has 0 bridgehead atoms. The Bertz CT molecular complexity index is 846. The van der Waals surface area contributed by atoms with Crippen LogP contribution in [0.2, 0.25) is 0 Å². The molecule has 0 saturated heterocycles. The minimum atomic E-state index is -2.99. The summed E-state index contributed by atoms with van der Waals surface area (Å²) in [5, 5.41) is 1.00. The molecule has 3 aromatic rings. The first kappa shape index (κ1) is 12.9. The average molecular weight is 290 g/mol. The Kier molecular flexibility index (Phi) is 3.10. The molecule has 0 unspecified atom stereocenters. The largest absolute Gasteiger partial charge is 0.464 e. The van der Waals surface area contributed by atoms with Crippen LogP contribution < -0.4 is 0 Å². The number of aromatic nitrogens is 2. The van der Waals surface area contributed by atoms with E-state index in [1.807, 2.05) is 28.8 Å². The molecular formula is C14H14N2O3S. The maximum absolute atomic E-state index is 11.3. The fourth-order valence-corrected chi connectivity index (χ4v) is 2.65. The molecule has 0 spiro atoms. The third kappa shape index (κ3) is 2.60. The molecule has 0 radical (unpaired) electrons. The fraction of sp³-hybridized carbons (Fsp3) is 0.214. The zero-order chi connectivity index (χ0) is 14.2. The fourth-order valence-electron chi connectivity index (χ4n) is 2.12. The van der Waals surface area contributed by atoms with Gasteiger partial charge in [0.25, 0.3) is 0 Å². The van der Waals surface area contributed by atoms with Crippen molar-refractivity contribution in [3.05, 3.63) is 42.9 Å². The summed E-state index contributed by atoms with van der Waals surface area (Å²) in [6, 6.07) is 7.69. The molecule has 0 N–H and O–H groups in total. The topological polar surface area (TPSA) is 65.1 Å². The van der Waals surface area contributed by atoms with Crippen LogP contribution >= 0.6 is 0 Å². The van der Waals surface area contributed by atoms with E-state index in [9.17, 15) is 8.42 Å². The normalized spacial score (nSPS) is 12.1. The summed E-state index contributed by atoms with van der Waals surface area (Å²) in [4.78, 5) is 4.32. The number of hydrogen-bond acceptors (Lipinski definition) is 4. The van der Waals surface area contributed by atoms with Gasteiger partial charge < -0.3 is 8.98 Å². The third-order valence-electron chi connectivity index (χ3n) is 3.13. The second-order valence-electron chi connectivity index (χ2n) is 4.75. The first-order valence-corrected chi connectivity index (χ1v) is 8.25. The molecule has 0 aliphatic carbocycles. The van der Waals surface area contributed by atoms with E-state index in [4.69, 9.17) is 4.42 Å². The van der Waals surface area contributed by atoms with E-state index < -0.39 is 9.84 Å². The molecule has 2 heterocycles. The molecule has 3 rings (SSSR count). The van der Waals surface area contributed by atoms with E-state index in [0.29, 0.717) is 6.54 Å². The van der Waals surface area contributed by atoms with Crippen molar-refractivity contribution in [1.82, 2.24) is 9.55 Å². The van der Waals surface area contributed by atoms with Gasteiger partial charge in [-0.1, -0.05) is 0 Å². The van der Waals surface area contributed by atoms with Gasteiger partial charge in [0.15, 0.2) is 0 Å². The molecule has 0 aliphatic rings. The molecule has 20 heavy (non-hydrogen) atoms. The lowest BCUT2D eigenvalue weighted by Crippen LogP contribution is -2.11. The predicted octanol–water partition coefficient (Wildman–Crippen LogP) is 2.34. The van der Waals surface area contributed by atoms with Crippen LogP contribution in [0.4, 0.5) is 0 Å². The smallest absolute Gasteiger partial charge is 0.149 e. The molecule has 104 valence electrons. The van der Waals surface area contributed by atoms with Crippen molar-refractivity contribution in [2.75, 3.05) is 12.0 Å². The highest BCUT2D eigenvalue weighted by Crippen LogP contribution is 2.24. The summed E-state index contributed by atoms with van der Waals surface area (Å²) in [5.41, 5.74) is 1.76. The van der Waals surface area contributed by atoms with E-state index >= 15 is 0 Å². The summed E-state index contributed by atoms with van der Waals surface area (Å²) >= 11 is 0. The zero-order valence-corrected chi connectivity index (χ0v) is 11.8. The van der Waals surface area contributed by atoms with Gasteiger partial charge in [-0.2, -0.15) is 0 Å². The first-order chi connectivity index (χ1) is 9.53. The van der Waals surface area contributed by atoms with Crippen LogP contribution in [0.25, 0.3) is 22.4 Å². The van der Waals surface area contributed by atoms with Crippen molar-refractivity contribution in [3.63, 3.8) is 0 Å². The number of hydrogen-bond donors (Lipinski definition) is 0. The third-order valence-corrected chi connectivity index (χ3v) is 4.05. The molecule has 0 aliphatic heterocycles.